The molecule has 1 rings (SSSR count). The Bertz CT molecular complexity index is 448. The number of hydrogen-bond donors (Lipinski definition) is 1. The SMILES string of the molecule is CCOP(=O)(OCC)[C@H](N)c1cc(I)ccc1F. The maximum absolute atomic E-state index is 13.7. The molecular formula is C11H16FINO3P. The highest BCUT2D eigenvalue weighted by atomic mass is 127. The molecule has 0 spiro atoms. The molecule has 0 unspecified atom stereocenters. The Morgan fingerprint density at radius 2 is 1.94 bits per heavy atom. The van der Waals surface area contributed by atoms with Gasteiger partial charge in [-0.25, -0.2) is 4.39 Å². The van der Waals surface area contributed by atoms with Crippen molar-refractivity contribution in [1.29, 1.82) is 0 Å². The summed E-state index contributed by atoms with van der Waals surface area (Å²) in [6.07, 6.45) is 0. The van der Waals surface area contributed by atoms with Gasteiger partial charge in [0.2, 0.25) is 0 Å². The zero-order chi connectivity index (χ0) is 13.8. The first kappa shape index (κ1) is 16.0. The predicted octanol–water partition coefficient (Wildman–Crippen LogP) is 3.65. The van der Waals surface area contributed by atoms with E-state index in [-0.39, 0.29) is 18.8 Å². The molecule has 0 saturated carbocycles. The van der Waals surface area contributed by atoms with E-state index >= 15 is 0 Å². The Labute approximate surface area is 120 Å². The average molecular weight is 387 g/mol. The molecule has 0 radical (unpaired) electrons. The van der Waals surface area contributed by atoms with Crippen LogP contribution < -0.4 is 5.73 Å². The summed E-state index contributed by atoms with van der Waals surface area (Å²) in [7, 11) is -3.54. The molecule has 0 fully saturated rings. The fourth-order valence-corrected chi connectivity index (χ4v) is 3.64. The number of hydrogen-bond acceptors (Lipinski definition) is 4. The Hall–Kier alpha value is -0.0100. The average Bonchev–Trinajstić information content (AvgIpc) is 2.32. The molecular weight excluding hydrogens is 371 g/mol. The van der Waals surface area contributed by atoms with Crippen LogP contribution in [0.3, 0.4) is 0 Å². The lowest BCUT2D eigenvalue weighted by molar-refractivity contribution is 0.212. The smallest absolute Gasteiger partial charge is 0.314 e. The van der Waals surface area contributed by atoms with Crippen LogP contribution in [-0.2, 0) is 13.6 Å². The number of benzene rings is 1. The first-order valence-corrected chi connectivity index (χ1v) is 8.23. The predicted molar refractivity (Wildman–Crippen MR) is 76.9 cm³/mol. The van der Waals surface area contributed by atoms with Crippen molar-refractivity contribution in [2.45, 2.75) is 19.6 Å². The Morgan fingerprint density at radius 1 is 1.39 bits per heavy atom. The van der Waals surface area contributed by atoms with E-state index < -0.39 is 19.2 Å². The van der Waals surface area contributed by atoms with E-state index in [0.29, 0.717) is 0 Å². The van der Waals surface area contributed by atoms with E-state index in [0.717, 1.165) is 3.57 Å². The van der Waals surface area contributed by atoms with E-state index in [9.17, 15) is 8.96 Å². The lowest BCUT2D eigenvalue weighted by Crippen LogP contribution is -2.16. The van der Waals surface area contributed by atoms with E-state index in [4.69, 9.17) is 14.8 Å². The summed E-state index contributed by atoms with van der Waals surface area (Å²) in [5.41, 5.74) is 6.00. The van der Waals surface area contributed by atoms with Gasteiger partial charge in [0.15, 0.2) is 0 Å². The van der Waals surface area contributed by atoms with Crippen molar-refractivity contribution in [2.75, 3.05) is 13.2 Å². The minimum Gasteiger partial charge on any atom is -0.314 e. The molecule has 0 amide bonds. The first-order chi connectivity index (χ1) is 8.44. The van der Waals surface area contributed by atoms with Gasteiger partial charge < -0.3 is 14.8 Å². The van der Waals surface area contributed by atoms with Crippen LogP contribution in [0.4, 0.5) is 4.39 Å². The Balaban J connectivity index is 3.13. The molecule has 0 aliphatic rings. The highest BCUT2D eigenvalue weighted by Gasteiger charge is 2.35. The molecule has 1 aromatic rings. The third-order valence-electron chi connectivity index (χ3n) is 2.24. The van der Waals surface area contributed by atoms with Gasteiger partial charge in [0.1, 0.15) is 11.6 Å². The normalized spacial score (nSPS) is 13.6. The van der Waals surface area contributed by atoms with Gasteiger partial charge in [0, 0.05) is 9.13 Å². The first-order valence-electron chi connectivity index (χ1n) is 5.54. The molecule has 2 N–H and O–H groups in total. The quantitative estimate of drug-likeness (QED) is 0.598. The second-order valence-corrected chi connectivity index (χ2v) is 6.88. The molecule has 18 heavy (non-hydrogen) atoms. The lowest BCUT2D eigenvalue weighted by Gasteiger charge is -2.23. The summed E-state index contributed by atoms with van der Waals surface area (Å²) in [6.45, 7) is 3.75. The number of rotatable bonds is 6. The lowest BCUT2D eigenvalue weighted by atomic mass is 10.2. The van der Waals surface area contributed by atoms with Crippen LogP contribution >= 0.6 is 30.2 Å². The molecule has 7 heteroatoms. The fourth-order valence-electron chi connectivity index (χ4n) is 1.47. The van der Waals surface area contributed by atoms with Crippen LogP contribution in [0.15, 0.2) is 18.2 Å². The van der Waals surface area contributed by atoms with Gasteiger partial charge in [-0.05, 0) is 54.6 Å². The molecule has 0 heterocycles. The molecule has 0 aliphatic heterocycles. The molecule has 0 aromatic heterocycles. The molecule has 0 bridgehead atoms. The van der Waals surface area contributed by atoms with Gasteiger partial charge >= 0.3 is 7.60 Å². The van der Waals surface area contributed by atoms with E-state index in [2.05, 4.69) is 0 Å². The maximum atomic E-state index is 13.7. The van der Waals surface area contributed by atoms with Crippen molar-refractivity contribution in [1.82, 2.24) is 0 Å². The third-order valence-corrected chi connectivity index (χ3v) is 5.10. The highest BCUT2D eigenvalue weighted by Crippen LogP contribution is 2.58. The van der Waals surface area contributed by atoms with Crippen LogP contribution in [-0.4, -0.2) is 13.2 Å². The molecule has 0 aliphatic carbocycles. The number of halogens is 2. The second-order valence-electron chi connectivity index (χ2n) is 3.49. The number of nitrogens with two attached hydrogens (primary N) is 1. The monoisotopic (exact) mass is 387 g/mol. The zero-order valence-corrected chi connectivity index (χ0v) is 13.3. The molecule has 1 aromatic carbocycles. The molecule has 1 atom stereocenters. The summed E-state index contributed by atoms with van der Waals surface area (Å²) < 4.78 is 37.2. The minimum absolute atomic E-state index is 0.145. The summed E-state index contributed by atoms with van der Waals surface area (Å²) >= 11 is 2.03. The van der Waals surface area contributed by atoms with Crippen molar-refractivity contribution in [3.8, 4) is 0 Å². The van der Waals surface area contributed by atoms with Crippen LogP contribution in [0.5, 0.6) is 0 Å². The van der Waals surface area contributed by atoms with Gasteiger partial charge in [-0.15, -0.1) is 0 Å². The van der Waals surface area contributed by atoms with Crippen molar-refractivity contribution < 1.29 is 18.0 Å². The van der Waals surface area contributed by atoms with E-state index in [1.807, 2.05) is 22.6 Å². The molecule has 4 nitrogen and oxygen atoms in total. The maximum Gasteiger partial charge on any atom is 0.351 e. The third kappa shape index (κ3) is 3.74. The summed E-state index contributed by atoms with van der Waals surface area (Å²) in [5.74, 6) is -1.63. The van der Waals surface area contributed by atoms with Gasteiger partial charge in [-0.3, -0.25) is 4.57 Å². The van der Waals surface area contributed by atoms with Crippen LogP contribution in [0.25, 0.3) is 0 Å². The van der Waals surface area contributed by atoms with E-state index in [1.54, 1.807) is 26.0 Å². The Kier molecular flexibility index (Phi) is 6.20. The largest absolute Gasteiger partial charge is 0.351 e. The molecule has 0 saturated heterocycles. The van der Waals surface area contributed by atoms with Gasteiger partial charge in [0.25, 0.3) is 0 Å². The van der Waals surface area contributed by atoms with E-state index in [1.165, 1.54) is 6.07 Å². The topological polar surface area (TPSA) is 61.5 Å². The van der Waals surface area contributed by atoms with Gasteiger partial charge in [-0.2, -0.15) is 0 Å². The van der Waals surface area contributed by atoms with Crippen molar-refractivity contribution in [3.63, 3.8) is 0 Å². The standard InChI is InChI=1S/C11H16FINO3P/c1-3-16-18(15,17-4-2)11(14)9-7-8(13)5-6-10(9)12/h5-7,11H,3-4,14H2,1-2H3/t11-/m0/s1. The summed E-state index contributed by atoms with van der Waals surface area (Å²) in [4.78, 5) is 0. The van der Waals surface area contributed by atoms with Crippen molar-refractivity contribution >= 4 is 30.2 Å². The zero-order valence-electron chi connectivity index (χ0n) is 10.2. The highest BCUT2D eigenvalue weighted by molar-refractivity contribution is 14.1. The van der Waals surface area contributed by atoms with Crippen LogP contribution in [0.1, 0.15) is 25.2 Å². The van der Waals surface area contributed by atoms with Gasteiger partial charge in [0.05, 0.1) is 13.2 Å². The second kappa shape index (κ2) is 6.96. The van der Waals surface area contributed by atoms with Crippen molar-refractivity contribution in [3.05, 3.63) is 33.1 Å². The summed E-state index contributed by atoms with van der Waals surface area (Å²) in [5, 5.41) is 0. The van der Waals surface area contributed by atoms with Crippen LogP contribution in [0, 0.1) is 9.39 Å². The van der Waals surface area contributed by atoms with Gasteiger partial charge in [-0.1, -0.05) is 0 Å². The Morgan fingerprint density at radius 3 is 2.44 bits per heavy atom. The summed E-state index contributed by atoms with van der Waals surface area (Å²) in [6, 6.07) is 4.45. The van der Waals surface area contributed by atoms with Crippen molar-refractivity contribution in [2.24, 2.45) is 5.73 Å². The fraction of sp³-hybridized carbons (Fsp3) is 0.455. The van der Waals surface area contributed by atoms with Crippen LogP contribution in [0.2, 0.25) is 0 Å². The molecule has 102 valence electrons. The minimum atomic E-state index is -3.54.